The lowest BCUT2D eigenvalue weighted by Crippen LogP contribution is -2.36. The summed E-state index contributed by atoms with van der Waals surface area (Å²) >= 11 is 0. The van der Waals surface area contributed by atoms with Crippen LogP contribution in [0.3, 0.4) is 0 Å². The number of anilines is 1. The van der Waals surface area contributed by atoms with E-state index in [1.54, 1.807) is 6.20 Å². The van der Waals surface area contributed by atoms with E-state index in [0.717, 1.165) is 13.1 Å². The Morgan fingerprint density at radius 1 is 1.15 bits per heavy atom. The van der Waals surface area contributed by atoms with Gasteiger partial charge in [0.25, 0.3) is 0 Å². The molecule has 0 saturated carbocycles. The minimum atomic E-state index is -0.576. The van der Waals surface area contributed by atoms with Crippen LogP contribution in [-0.2, 0) is 11.3 Å². The van der Waals surface area contributed by atoms with Gasteiger partial charge in [-0.3, -0.25) is 0 Å². The molecule has 0 N–H and O–H groups in total. The average molecular weight is 280 g/mol. The molecule has 1 saturated heterocycles. The summed E-state index contributed by atoms with van der Waals surface area (Å²) in [6, 6.07) is 3.81. The molecule has 0 unspecified atom stereocenters. The van der Waals surface area contributed by atoms with Gasteiger partial charge in [-0.25, -0.2) is 13.5 Å². The first-order chi connectivity index (χ1) is 9.74. The second-order valence-electron chi connectivity index (χ2n) is 4.57. The Balaban J connectivity index is 1.77. The molecule has 1 aromatic heterocycles. The van der Waals surface area contributed by atoms with Crippen molar-refractivity contribution >= 4 is 5.82 Å². The summed E-state index contributed by atoms with van der Waals surface area (Å²) in [5, 5.41) is 7.95. The molecular weight excluding hydrogens is 266 g/mol. The molecule has 2 aromatic rings. The van der Waals surface area contributed by atoms with Crippen molar-refractivity contribution in [1.29, 1.82) is 0 Å². The van der Waals surface area contributed by atoms with E-state index < -0.39 is 11.6 Å². The van der Waals surface area contributed by atoms with E-state index in [1.165, 1.54) is 22.9 Å². The predicted octanol–water partition coefficient (Wildman–Crippen LogP) is 1.44. The normalized spacial score (nSPS) is 15.6. The minimum absolute atomic E-state index is 0.00840. The highest BCUT2D eigenvalue weighted by Crippen LogP contribution is 2.15. The van der Waals surface area contributed by atoms with Crippen molar-refractivity contribution in [2.45, 2.75) is 6.54 Å². The van der Waals surface area contributed by atoms with Crippen molar-refractivity contribution in [3.05, 3.63) is 41.6 Å². The van der Waals surface area contributed by atoms with Crippen LogP contribution in [0, 0.1) is 11.6 Å². The zero-order valence-corrected chi connectivity index (χ0v) is 10.8. The first-order valence-corrected chi connectivity index (χ1v) is 6.40. The summed E-state index contributed by atoms with van der Waals surface area (Å²) in [6.07, 6.45) is 1.69. The molecule has 0 aliphatic carbocycles. The number of aromatic nitrogens is 3. The van der Waals surface area contributed by atoms with Crippen molar-refractivity contribution in [2.24, 2.45) is 0 Å². The quantitative estimate of drug-likeness (QED) is 0.853. The third kappa shape index (κ3) is 2.62. The SMILES string of the molecule is Fc1cccc(F)c1Cn1cc(N2CCOCC2)nn1. The van der Waals surface area contributed by atoms with Gasteiger partial charge in [0.15, 0.2) is 5.82 Å². The van der Waals surface area contributed by atoms with Crippen LogP contribution in [0.4, 0.5) is 14.6 Å². The van der Waals surface area contributed by atoms with Crippen LogP contribution in [0.5, 0.6) is 0 Å². The third-order valence-corrected chi connectivity index (χ3v) is 3.24. The van der Waals surface area contributed by atoms with Crippen molar-refractivity contribution in [1.82, 2.24) is 15.0 Å². The van der Waals surface area contributed by atoms with E-state index >= 15 is 0 Å². The first-order valence-electron chi connectivity index (χ1n) is 6.40. The average Bonchev–Trinajstić information content (AvgIpc) is 2.93. The molecule has 3 rings (SSSR count). The molecule has 0 spiro atoms. The van der Waals surface area contributed by atoms with Crippen LogP contribution in [0.25, 0.3) is 0 Å². The lowest BCUT2D eigenvalue weighted by atomic mass is 10.2. The molecule has 0 bridgehead atoms. The summed E-state index contributed by atoms with van der Waals surface area (Å²) < 4.78 is 33.8. The van der Waals surface area contributed by atoms with Gasteiger partial charge >= 0.3 is 0 Å². The zero-order chi connectivity index (χ0) is 13.9. The van der Waals surface area contributed by atoms with E-state index in [0.29, 0.717) is 19.0 Å². The summed E-state index contributed by atoms with van der Waals surface area (Å²) in [5.74, 6) is -0.452. The summed E-state index contributed by atoms with van der Waals surface area (Å²) in [4.78, 5) is 2.03. The molecule has 1 aliphatic rings. The maximum absolute atomic E-state index is 13.6. The third-order valence-electron chi connectivity index (χ3n) is 3.24. The Kier molecular flexibility index (Phi) is 3.60. The fourth-order valence-corrected chi connectivity index (χ4v) is 2.15. The Bertz CT molecular complexity index is 576. The second-order valence-corrected chi connectivity index (χ2v) is 4.57. The van der Waals surface area contributed by atoms with Gasteiger partial charge in [0.05, 0.1) is 26.0 Å². The maximum Gasteiger partial charge on any atom is 0.171 e. The molecule has 0 radical (unpaired) electrons. The highest BCUT2D eigenvalue weighted by Gasteiger charge is 2.15. The summed E-state index contributed by atoms with van der Waals surface area (Å²) in [7, 11) is 0. The van der Waals surface area contributed by atoms with Crippen molar-refractivity contribution in [3.63, 3.8) is 0 Å². The largest absolute Gasteiger partial charge is 0.378 e. The molecule has 2 heterocycles. The molecule has 20 heavy (non-hydrogen) atoms. The van der Waals surface area contributed by atoms with Crippen molar-refractivity contribution < 1.29 is 13.5 Å². The Labute approximate surface area is 114 Å². The zero-order valence-electron chi connectivity index (χ0n) is 10.8. The fraction of sp³-hybridized carbons (Fsp3) is 0.385. The molecule has 5 nitrogen and oxygen atoms in total. The lowest BCUT2D eigenvalue weighted by Gasteiger charge is -2.25. The maximum atomic E-state index is 13.6. The van der Waals surface area contributed by atoms with E-state index in [2.05, 4.69) is 10.3 Å². The van der Waals surface area contributed by atoms with Crippen molar-refractivity contribution in [2.75, 3.05) is 31.2 Å². The standard InChI is InChI=1S/C13H14F2N4O/c14-11-2-1-3-12(15)10(11)8-19-9-13(16-17-19)18-4-6-20-7-5-18/h1-3,9H,4-8H2. The van der Waals surface area contributed by atoms with Crippen LogP contribution < -0.4 is 4.90 Å². The predicted molar refractivity (Wildman–Crippen MR) is 68.5 cm³/mol. The van der Waals surface area contributed by atoms with Gasteiger partial charge in [-0.05, 0) is 12.1 Å². The number of hydrogen-bond donors (Lipinski definition) is 0. The van der Waals surface area contributed by atoms with Crippen LogP contribution in [-0.4, -0.2) is 41.3 Å². The fourth-order valence-electron chi connectivity index (χ4n) is 2.15. The van der Waals surface area contributed by atoms with Gasteiger partial charge in [0, 0.05) is 18.7 Å². The molecule has 106 valence electrons. The van der Waals surface area contributed by atoms with Gasteiger partial charge in [-0.1, -0.05) is 11.3 Å². The molecule has 0 amide bonds. The number of nitrogens with zero attached hydrogens (tertiary/aromatic N) is 4. The van der Waals surface area contributed by atoms with Gasteiger partial charge in [0.2, 0.25) is 0 Å². The topological polar surface area (TPSA) is 43.2 Å². The summed E-state index contributed by atoms with van der Waals surface area (Å²) in [6.45, 7) is 2.80. The van der Waals surface area contributed by atoms with Gasteiger partial charge < -0.3 is 9.64 Å². The van der Waals surface area contributed by atoms with E-state index in [1.807, 2.05) is 4.90 Å². The van der Waals surface area contributed by atoms with Gasteiger partial charge in [0.1, 0.15) is 11.6 Å². The minimum Gasteiger partial charge on any atom is -0.378 e. The highest BCUT2D eigenvalue weighted by atomic mass is 19.1. The van der Waals surface area contributed by atoms with Crippen LogP contribution >= 0.6 is 0 Å². The number of halogens is 2. The van der Waals surface area contributed by atoms with Crippen LogP contribution in [0.15, 0.2) is 24.4 Å². The van der Waals surface area contributed by atoms with Gasteiger partial charge in [-0.15, -0.1) is 5.10 Å². The Morgan fingerprint density at radius 2 is 1.85 bits per heavy atom. The van der Waals surface area contributed by atoms with Crippen LogP contribution in [0.1, 0.15) is 5.56 Å². The first kappa shape index (κ1) is 13.0. The number of hydrogen-bond acceptors (Lipinski definition) is 4. The summed E-state index contributed by atoms with van der Waals surface area (Å²) in [5.41, 5.74) is -0.00840. The smallest absolute Gasteiger partial charge is 0.171 e. The van der Waals surface area contributed by atoms with E-state index in [9.17, 15) is 8.78 Å². The molecule has 1 fully saturated rings. The molecule has 1 aromatic carbocycles. The highest BCUT2D eigenvalue weighted by molar-refractivity contribution is 5.35. The Hall–Kier alpha value is -2.02. The number of benzene rings is 1. The molecule has 7 heteroatoms. The second kappa shape index (κ2) is 5.54. The van der Waals surface area contributed by atoms with E-state index in [-0.39, 0.29) is 12.1 Å². The van der Waals surface area contributed by atoms with Crippen molar-refractivity contribution in [3.8, 4) is 0 Å². The Morgan fingerprint density at radius 3 is 2.55 bits per heavy atom. The van der Waals surface area contributed by atoms with Gasteiger partial charge in [-0.2, -0.15) is 0 Å². The monoisotopic (exact) mass is 280 g/mol. The van der Waals surface area contributed by atoms with Crippen LogP contribution in [0.2, 0.25) is 0 Å². The number of ether oxygens (including phenoxy) is 1. The molecular formula is C13H14F2N4O. The number of rotatable bonds is 3. The lowest BCUT2D eigenvalue weighted by molar-refractivity contribution is 0.122. The van der Waals surface area contributed by atoms with E-state index in [4.69, 9.17) is 4.74 Å². The molecule has 0 atom stereocenters. The molecule has 1 aliphatic heterocycles. The number of morpholine rings is 1.